The van der Waals surface area contributed by atoms with Crippen LogP contribution in [0.3, 0.4) is 0 Å². The summed E-state index contributed by atoms with van der Waals surface area (Å²) in [6, 6.07) is 1.21. The molecule has 96 valence electrons. The van der Waals surface area contributed by atoms with Crippen LogP contribution in [0.5, 0.6) is 0 Å². The van der Waals surface area contributed by atoms with Gasteiger partial charge in [0.1, 0.15) is 5.01 Å². The maximum absolute atomic E-state index is 4.60. The molecule has 1 aromatic rings. The van der Waals surface area contributed by atoms with Crippen molar-refractivity contribution in [2.75, 3.05) is 19.6 Å². The minimum atomic E-state index is 0.483. The molecule has 1 N–H and O–H groups in total. The standard InChI is InChI=1S/C13H23N3S/c1-4-14-12-5-7-16(8-6-12)11(3)13-15-10(2)9-17-13/h9,11-12,14H,4-8H2,1-3H3. The monoisotopic (exact) mass is 253 g/mol. The SMILES string of the molecule is CCNC1CCN(C(C)c2nc(C)cs2)CC1. The summed E-state index contributed by atoms with van der Waals surface area (Å²) < 4.78 is 0. The maximum atomic E-state index is 4.60. The van der Waals surface area contributed by atoms with Crippen LogP contribution in [0.1, 0.15) is 43.4 Å². The molecule has 1 aliphatic rings. The molecule has 0 bridgehead atoms. The van der Waals surface area contributed by atoms with Crippen molar-refractivity contribution in [1.29, 1.82) is 0 Å². The molecular weight excluding hydrogens is 230 g/mol. The van der Waals surface area contributed by atoms with Crippen LogP contribution in [0.15, 0.2) is 5.38 Å². The highest BCUT2D eigenvalue weighted by atomic mass is 32.1. The van der Waals surface area contributed by atoms with Gasteiger partial charge >= 0.3 is 0 Å². The molecule has 1 aromatic heterocycles. The van der Waals surface area contributed by atoms with E-state index in [1.54, 1.807) is 11.3 Å². The highest BCUT2D eigenvalue weighted by Gasteiger charge is 2.24. The van der Waals surface area contributed by atoms with Crippen LogP contribution in [-0.4, -0.2) is 35.6 Å². The van der Waals surface area contributed by atoms with Crippen LogP contribution < -0.4 is 5.32 Å². The van der Waals surface area contributed by atoms with Crippen molar-refractivity contribution in [3.8, 4) is 0 Å². The van der Waals surface area contributed by atoms with Gasteiger partial charge in [0.15, 0.2) is 0 Å². The molecule has 1 atom stereocenters. The van der Waals surface area contributed by atoms with E-state index >= 15 is 0 Å². The molecule has 3 nitrogen and oxygen atoms in total. The molecule has 4 heteroatoms. The molecule has 1 saturated heterocycles. The van der Waals surface area contributed by atoms with Crippen molar-refractivity contribution in [2.24, 2.45) is 0 Å². The summed E-state index contributed by atoms with van der Waals surface area (Å²) in [6.45, 7) is 10.0. The predicted molar refractivity (Wildman–Crippen MR) is 73.5 cm³/mol. The Bertz CT molecular complexity index is 342. The Morgan fingerprint density at radius 2 is 2.24 bits per heavy atom. The Morgan fingerprint density at radius 1 is 1.53 bits per heavy atom. The predicted octanol–water partition coefficient (Wildman–Crippen LogP) is 2.59. The number of hydrogen-bond donors (Lipinski definition) is 1. The summed E-state index contributed by atoms with van der Waals surface area (Å²) in [6.07, 6.45) is 2.53. The summed E-state index contributed by atoms with van der Waals surface area (Å²) in [5.41, 5.74) is 1.15. The second-order valence-electron chi connectivity index (χ2n) is 4.87. The molecule has 1 unspecified atom stereocenters. The molecule has 2 rings (SSSR count). The second kappa shape index (κ2) is 5.94. The van der Waals surface area contributed by atoms with Gasteiger partial charge in [-0.25, -0.2) is 4.98 Å². The lowest BCUT2D eigenvalue weighted by Gasteiger charge is -2.35. The number of aromatic nitrogens is 1. The van der Waals surface area contributed by atoms with Crippen LogP contribution in [0.25, 0.3) is 0 Å². The van der Waals surface area contributed by atoms with Crippen molar-refractivity contribution < 1.29 is 0 Å². The number of aryl methyl sites for hydroxylation is 1. The zero-order valence-corrected chi connectivity index (χ0v) is 11.9. The molecule has 1 fully saturated rings. The lowest BCUT2D eigenvalue weighted by molar-refractivity contribution is 0.153. The fourth-order valence-electron chi connectivity index (χ4n) is 2.50. The number of rotatable bonds is 4. The largest absolute Gasteiger partial charge is 0.314 e. The number of hydrogen-bond acceptors (Lipinski definition) is 4. The van der Waals surface area contributed by atoms with Gasteiger partial charge in [0.25, 0.3) is 0 Å². The van der Waals surface area contributed by atoms with Crippen LogP contribution in [-0.2, 0) is 0 Å². The highest BCUT2D eigenvalue weighted by molar-refractivity contribution is 7.09. The Labute approximate surface area is 108 Å². The third kappa shape index (κ3) is 3.27. The van der Waals surface area contributed by atoms with Gasteiger partial charge in [-0.3, -0.25) is 4.90 Å². The first kappa shape index (κ1) is 13.0. The molecule has 2 heterocycles. The van der Waals surface area contributed by atoms with E-state index < -0.39 is 0 Å². The number of nitrogens with zero attached hydrogens (tertiary/aromatic N) is 2. The smallest absolute Gasteiger partial charge is 0.110 e. The van der Waals surface area contributed by atoms with Crippen molar-refractivity contribution >= 4 is 11.3 Å². The topological polar surface area (TPSA) is 28.2 Å². The van der Waals surface area contributed by atoms with E-state index in [0.717, 1.165) is 18.3 Å². The number of piperidine rings is 1. The van der Waals surface area contributed by atoms with Gasteiger partial charge in [0.2, 0.25) is 0 Å². The fourth-order valence-corrected chi connectivity index (χ4v) is 3.39. The van der Waals surface area contributed by atoms with Crippen molar-refractivity contribution in [2.45, 2.75) is 45.7 Å². The van der Waals surface area contributed by atoms with E-state index in [9.17, 15) is 0 Å². The lowest BCUT2D eigenvalue weighted by Crippen LogP contribution is -2.43. The lowest BCUT2D eigenvalue weighted by atomic mass is 10.0. The molecule has 0 aromatic carbocycles. The fraction of sp³-hybridized carbons (Fsp3) is 0.769. The van der Waals surface area contributed by atoms with Crippen LogP contribution in [0, 0.1) is 6.92 Å². The van der Waals surface area contributed by atoms with E-state index in [0.29, 0.717) is 6.04 Å². The molecule has 0 radical (unpaired) electrons. The highest BCUT2D eigenvalue weighted by Crippen LogP contribution is 2.26. The van der Waals surface area contributed by atoms with Gasteiger partial charge in [0.05, 0.1) is 6.04 Å². The Balaban J connectivity index is 1.88. The van der Waals surface area contributed by atoms with Crippen LogP contribution >= 0.6 is 11.3 Å². The Morgan fingerprint density at radius 3 is 2.76 bits per heavy atom. The molecular formula is C13H23N3S. The average molecular weight is 253 g/mol. The minimum Gasteiger partial charge on any atom is -0.314 e. The normalized spacial score (nSPS) is 20.6. The summed E-state index contributed by atoms with van der Waals surface area (Å²) in [7, 11) is 0. The first-order chi connectivity index (χ1) is 8.20. The number of thiazole rings is 1. The number of likely N-dealkylation sites (tertiary alicyclic amines) is 1. The van der Waals surface area contributed by atoms with Crippen molar-refractivity contribution in [3.05, 3.63) is 16.1 Å². The molecule has 1 aliphatic heterocycles. The Hall–Kier alpha value is -0.450. The zero-order valence-electron chi connectivity index (χ0n) is 11.1. The molecule has 17 heavy (non-hydrogen) atoms. The van der Waals surface area contributed by atoms with Crippen LogP contribution in [0.2, 0.25) is 0 Å². The summed E-state index contributed by atoms with van der Waals surface area (Å²) in [4.78, 5) is 7.16. The molecule has 0 spiro atoms. The third-order valence-corrected chi connectivity index (χ3v) is 4.70. The van der Waals surface area contributed by atoms with E-state index in [1.165, 1.54) is 30.9 Å². The van der Waals surface area contributed by atoms with E-state index in [-0.39, 0.29) is 0 Å². The van der Waals surface area contributed by atoms with Gasteiger partial charge in [-0.1, -0.05) is 6.92 Å². The number of nitrogens with one attached hydrogen (secondary N) is 1. The van der Waals surface area contributed by atoms with Gasteiger partial charge in [-0.2, -0.15) is 0 Å². The van der Waals surface area contributed by atoms with Crippen molar-refractivity contribution in [1.82, 2.24) is 15.2 Å². The first-order valence-electron chi connectivity index (χ1n) is 6.60. The van der Waals surface area contributed by atoms with E-state index in [4.69, 9.17) is 0 Å². The minimum absolute atomic E-state index is 0.483. The third-order valence-electron chi connectivity index (χ3n) is 3.56. The molecule has 0 saturated carbocycles. The zero-order chi connectivity index (χ0) is 12.3. The summed E-state index contributed by atoms with van der Waals surface area (Å²) >= 11 is 1.79. The first-order valence-corrected chi connectivity index (χ1v) is 7.48. The van der Waals surface area contributed by atoms with Gasteiger partial charge in [-0.15, -0.1) is 11.3 Å². The van der Waals surface area contributed by atoms with Crippen molar-refractivity contribution in [3.63, 3.8) is 0 Å². The second-order valence-corrected chi connectivity index (χ2v) is 5.76. The van der Waals surface area contributed by atoms with Gasteiger partial charge < -0.3 is 5.32 Å². The quantitative estimate of drug-likeness (QED) is 0.894. The van der Waals surface area contributed by atoms with Crippen LogP contribution in [0.4, 0.5) is 0 Å². The average Bonchev–Trinajstić information content (AvgIpc) is 2.76. The van der Waals surface area contributed by atoms with E-state index in [1.807, 2.05) is 0 Å². The Kier molecular flexibility index (Phi) is 4.54. The summed E-state index contributed by atoms with van der Waals surface area (Å²) in [5, 5.41) is 6.97. The van der Waals surface area contributed by atoms with Gasteiger partial charge in [0, 0.05) is 30.2 Å². The molecule has 0 aliphatic carbocycles. The summed E-state index contributed by atoms with van der Waals surface area (Å²) in [5.74, 6) is 0. The van der Waals surface area contributed by atoms with Gasteiger partial charge in [-0.05, 0) is 33.2 Å². The molecule has 0 amide bonds. The van der Waals surface area contributed by atoms with E-state index in [2.05, 4.69) is 41.4 Å². The maximum Gasteiger partial charge on any atom is 0.110 e.